The molecule has 0 fully saturated rings. The van der Waals surface area contributed by atoms with E-state index in [9.17, 15) is 13.2 Å². The summed E-state index contributed by atoms with van der Waals surface area (Å²) in [4.78, 5) is 2.49. The first-order chi connectivity index (χ1) is 7.54. The maximum Gasteiger partial charge on any atom is 0.416 e. The third-order valence-corrected chi connectivity index (χ3v) is 1.68. The van der Waals surface area contributed by atoms with E-state index in [4.69, 9.17) is 10.3 Å². The van der Waals surface area contributed by atoms with Crippen LogP contribution in [0.15, 0.2) is 29.4 Å². The number of azide groups is 1. The minimum absolute atomic E-state index is 0.0470. The van der Waals surface area contributed by atoms with Gasteiger partial charge in [0.15, 0.2) is 0 Å². The smallest absolute Gasteiger partial charge is 0.416 e. The van der Waals surface area contributed by atoms with Crippen LogP contribution in [0.4, 0.5) is 13.2 Å². The Morgan fingerprint density at radius 1 is 1.38 bits per heavy atom. The second-order valence-electron chi connectivity index (χ2n) is 2.83. The molecule has 1 aromatic carbocycles. The summed E-state index contributed by atoms with van der Waals surface area (Å²) in [7, 11) is 0. The molecule has 0 amide bonds. The van der Waals surface area contributed by atoms with E-state index in [1.165, 1.54) is 12.1 Å². The van der Waals surface area contributed by atoms with E-state index in [1.807, 2.05) is 0 Å². The third-order valence-electron chi connectivity index (χ3n) is 1.68. The lowest BCUT2D eigenvalue weighted by molar-refractivity contribution is -0.137. The van der Waals surface area contributed by atoms with Crippen LogP contribution in [0.25, 0.3) is 10.4 Å². The average molecular weight is 231 g/mol. The maximum absolute atomic E-state index is 12.3. The van der Waals surface area contributed by atoms with Gasteiger partial charge in [0, 0.05) is 4.91 Å². The zero-order valence-corrected chi connectivity index (χ0v) is 8.11. The van der Waals surface area contributed by atoms with Crippen LogP contribution in [-0.4, -0.2) is 13.2 Å². The normalized spacial score (nSPS) is 10.7. The summed E-state index contributed by atoms with van der Waals surface area (Å²) in [5, 5.41) is 3.19. The number of benzene rings is 1. The Bertz CT molecular complexity index is 399. The van der Waals surface area contributed by atoms with E-state index in [0.29, 0.717) is 0 Å². The Labute approximate surface area is 89.3 Å². The molecule has 16 heavy (non-hydrogen) atoms. The molecule has 0 spiro atoms. The van der Waals surface area contributed by atoms with Crippen molar-refractivity contribution in [2.45, 2.75) is 6.18 Å². The minimum Gasteiger partial charge on any atom is -0.493 e. The van der Waals surface area contributed by atoms with Crippen molar-refractivity contribution in [1.29, 1.82) is 0 Å². The van der Waals surface area contributed by atoms with Gasteiger partial charge in [0.05, 0.1) is 18.7 Å². The van der Waals surface area contributed by atoms with Gasteiger partial charge >= 0.3 is 6.18 Å². The van der Waals surface area contributed by atoms with Gasteiger partial charge in [-0.1, -0.05) is 11.2 Å². The second kappa shape index (κ2) is 5.27. The van der Waals surface area contributed by atoms with Gasteiger partial charge in [-0.3, -0.25) is 0 Å². The second-order valence-corrected chi connectivity index (χ2v) is 2.83. The molecule has 0 saturated heterocycles. The summed E-state index contributed by atoms with van der Waals surface area (Å²) in [6.07, 6.45) is -4.38. The number of nitrogens with zero attached hydrogens (tertiary/aromatic N) is 3. The van der Waals surface area contributed by atoms with Gasteiger partial charge in [0.2, 0.25) is 0 Å². The Balaban J connectivity index is 2.64. The number of rotatable bonds is 4. The van der Waals surface area contributed by atoms with Crippen LogP contribution in [-0.2, 0) is 6.18 Å². The molecule has 0 aliphatic heterocycles. The quantitative estimate of drug-likeness (QED) is 0.339. The molecular weight excluding hydrogens is 223 g/mol. The highest BCUT2D eigenvalue weighted by molar-refractivity contribution is 5.30. The first kappa shape index (κ1) is 12.2. The van der Waals surface area contributed by atoms with E-state index >= 15 is 0 Å². The van der Waals surface area contributed by atoms with Crippen molar-refractivity contribution < 1.29 is 17.9 Å². The van der Waals surface area contributed by atoms with E-state index in [-0.39, 0.29) is 18.9 Å². The fourth-order valence-corrected chi connectivity index (χ4v) is 1.01. The Kier molecular flexibility index (Phi) is 4.02. The van der Waals surface area contributed by atoms with Crippen molar-refractivity contribution in [1.82, 2.24) is 0 Å². The predicted octanol–water partition coefficient (Wildman–Crippen LogP) is 3.39. The topological polar surface area (TPSA) is 58.0 Å². The number of hydrogen-bond donors (Lipinski definition) is 0. The van der Waals surface area contributed by atoms with Crippen LogP contribution < -0.4 is 4.74 Å². The number of hydrogen-bond acceptors (Lipinski definition) is 2. The lowest BCUT2D eigenvalue weighted by atomic mass is 10.2. The van der Waals surface area contributed by atoms with Crippen molar-refractivity contribution in [3.8, 4) is 5.75 Å². The highest BCUT2D eigenvalue weighted by Gasteiger charge is 2.30. The molecule has 1 aromatic rings. The molecule has 0 radical (unpaired) electrons. The Morgan fingerprint density at radius 2 is 2.12 bits per heavy atom. The van der Waals surface area contributed by atoms with Gasteiger partial charge < -0.3 is 4.74 Å². The van der Waals surface area contributed by atoms with Crippen molar-refractivity contribution >= 4 is 0 Å². The van der Waals surface area contributed by atoms with Gasteiger partial charge in [0.25, 0.3) is 0 Å². The summed E-state index contributed by atoms with van der Waals surface area (Å²) in [6.45, 7) is 0.123. The summed E-state index contributed by atoms with van der Waals surface area (Å²) < 4.78 is 41.8. The summed E-state index contributed by atoms with van der Waals surface area (Å²) in [6, 6.07) is 4.52. The zero-order chi connectivity index (χ0) is 12.0. The number of halogens is 3. The van der Waals surface area contributed by atoms with Gasteiger partial charge in [-0.05, 0) is 23.7 Å². The molecule has 0 aliphatic rings. The van der Waals surface area contributed by atoms with Crippen LogP contribution in [0.2, 0.25) is 0 Å². The third kappa shape index (κ3) is 3.70. The largest absolute Gasteiger partial charge is 0.493 e. The molecule has 0 N–H and O–H groups in total. The summed E-state index contributed by atoms with van der Waals surface area (Å²) in [5.41, 5.74) is 7.20. The molecule has 7 heteroatoms. The first-order valence-electron chi connectivity index (χ1n) is 4.35. The molecule has 0 atom stereocenters. The van der Waals surface area contributed by atoms with Crippen LogP contribution in [0.1, 0.15) is 5.56 Å². The van der Waals surface area contributed by atoms with Crippen LogP contribution in [0.3, 0.4) is 0 Å². The van der Waals surface area contributed by atoms with Gasteiger partial charge in [-0.15, -0.1) is 0 Å². The molecule has 86 valence electrons. The van der Waals surface area contributed by atoms with Crippen LogP contribution in [0.5, 0.6) is 5.75 Å². The Hall–Kier alpha value is -1.88. The average Bonchev–Trinajstić information content (AvgIpc) is 2.24. The number of ether oxygens (including phenoxy) is 1. The molecule has 0 heterocycles. The van der Waals surface area contributed by atoms with Crippen molar-refractivity contribution in [2.24, 2.45) is 5.11 Å². The summed E-state index contributed by atoms with van der Waals surface area (Å²) in [5.74, 6) is 0.1000. The zero-order valence-electron chi connectivity index (χ0n) is 8.11. The van der Waals surface area contributed by atoms with Gasteiger partial charge in [0.1, 0.15) is 5.75 Å². The molecular formula is C9H8F3N3O. The monoisotopic (exact) mass is 231 g/mol. The first-order valence-corrected chi connectivity index (χ1v) is 4.35. The maximum atomic E-state index is 12.3. The molecule has 1 rings (SSSR count). The van der Waals surface area contributed by atoms with E-state index < -0.39 is 11.7 Å². The van der Waals surface area contributed by atoms with Gasteiger partial charge in [-0.25, -0.2) is 0 Å². The lowest BCUT2D eigenvalue weighted by Gasteiger charge is -2.09. The molecule has 0 unspecified atom stereocenters. The lowest BCUT2D eigenvalue weighted by Crippen LogP contribution is -2.06. The van der Waals surface area contributed by atoms with E-state index in [1.54, 1.807) is 0 Å². The van der Waals surface area contributed by atoms with Crippen molar-refractivity contribution in [3.05, 3.63) is 40.3 Å². The van der Waals surface area contributed by atoms with Crippen molar-refractivity contribution in [2.75, 3.05) is 13.2 Å². The van der Waals surface area contributed by atoms with Gasteiger partial charge in [-0.2, -0.15) is 13.2 Å². The van der Waals surface area contributed by atoms with E-state index in [2.05, 4.69) is 10.0 Å². The fraction of sp³-hybridized carbons (Fsp3) is 0.333. The molecule has 0 saturated carbocycles. The molecule has 0 aromatic heterocycles. The summed E-state index contributed by atoms with van der Waals surface area (Å²) >= 11 is 0. The SMILES string of the molecule is [N-]=[N+]=NCCOc1cccc(C(F)(F)F)c1. The Morgan fingerprint density at radius 3 is 2.75 bits per heavy atom. The van der Waals surface area contributed by atoms with Crippen molar-refractivity contribution in [3.63, 3.8) is 0 Å². The highest BCUT2D eigenvalue weighted by atomic mass is 19.4. The fourth-order valence-electron chi connectivity index (χ4n) is 1.01. The molecule has 4 nitrogen and oxygen atoms in total. The minimum atomic E-state index is -4.38. The molecule has 0 aliphatic carbocycles. The standard InChI is InChI=1S/C9H8F3N3O/c10-9(11,12)7-2-1-3-8(6-7)16-5-4-14-15-13/h1-3,6H,4-5H2. The van der Waals surface area contributed by atoms with E-state index in [0.717, 1.165) is 12.1 Å². The molecule has 0 bridgehead atoms. The predicted molar refractivity (Wildman–Crippen MR) is 51.0 cm³/mol. The highest BCUT2D eigenvalue weighted by Crippen LogP contribution is 2.31. The van der Waals surface area contributed by atoms with Crippen LogP contribution >= 0.6 is 0 Å². The number of alkyl halides is 3. The van der Waals surface area contributed by atoms with Crippen LogP contribution in [0, 0.1) is 0 Å².